The number of rotatable bonds is 6. The number of carbonyl (C=O) groups excluding carboxylic acids is 2. The van der Waals surface area contributed by atoms with E-state index in [-0.39, 0.29) is 24.4 Å². The van der Waals surface area contributed by atoms with Crippen LogP contribution in [0, 0.1) is 23.3 Å². The molecule has 1 unspecified atom stereocenters. The SMILES string of the molecule is CC(c1ccc(F)c(F)c1)N(C)C(=O)CCNC(=O)c1ccc(F)cc1F. The van der Waals surface area contributed by atoms with Crippen molar-refractivity contribution in [2.45, 2.75) is 19.4 Å². The predicted molar refractivity (Wildman–Crippen MR) is 90.9 cm³/mol. The number of hydrogen-bond acceptors (Lipinski definition) is 2. The van der Waals surface area contributed by atoms with Gasteiger partial charge >= 0.3 is 0 Å². The second kappa shape index (κ2) is 8.66. The lowest BCUT2D eigenvalue weighted by atomic mass is 10.1. The van der Waals surface area contributed by atoms with Gasteiger partial charge in [0.25, 0.3) is 5.91 Å². The van der Waals surface area contributed by atoms with Crippen LogP contribution in [0.4, 0.5) is 17.6 Å². The van der Waals surface area contributed by atoms with Crippen LogP contribution < -0.4 is 5.32 Å². The van der Waals surface area contributed by atoms with E-state index < -0.39 is 35.2 Å². The molecule has 0 fully saturated rings. The molecule has 0 aliphatic heterocycles. The molecule has 4 nitrogen and oxygen atoms in total. The normalized spacial score (nSPS) is 11.8. The molecule has 144 valence electrons. The van der Waals surface area contributed by atoms with E-state index in [1.54, 1.807) is 6.92 Å². The average molecular weight is 382 g/mol. The number of hydrogen-bond donors (Lipinski definition) is 1. The van der Waals surface area contributed by atoms with Gasteiger partial charge in [-0.3, -0.25) is 9.59 Å². The maximum absolute atomic E-state index is 13.5. The topological polar surface area (TPSA) is 49.4 Å². The first kappa shape index (κ1) is 20.4. The van der Waals surface area contributed by atoms with Gasteiger partial charge in [0.05, 0.1) is 11.6 Å². The summed E-state index contributed by atoms with van der Waals surface area (Å²) in [6, 6.07) is 5.43. The average Bonchev–Trinajstić information content (AvgIpc) is 2.62. The van der Waals surface area contributed by atoms with Gasteiger partial charge in [0.15, 0.2) is 11.6 Å². The van der Waals surface area contributed by atoms with Crippen LogP contribution in [0.3, 0.4) is 0 Å². The lowest BCUT2D eigenvalue weighted by Gasteiger charge is -2.25. The zero-order valence-corrected chi connectivity index (χ0v) is 14.7. The zero-order valence-electron chi connectivity index (χ0n) is 14.7. The predicted octanol–water partition coefficient (Wildman–Crippen LogP) is 3.58. The maximum Gasteiger partial charge on any atom is 0.254 e. The van der Waals surface area contributed by atoms with Crippen LogP contribution in [0.1, 0.15) is 35.3 Å². The molecule has 2 amide bonds. The van der Waals surface area contributed by atoms with E-state index in [0.717, 1.165) is 24.3 Å². The molecule has 0 aromatic heterocycles. The van der Waals surface area contributed by atoms with Crippen LogP contribution in [0.5, 0.6) is 0 Å². The summed E-state index contributed by atoms with van der Waals surface area (Å²) in [7, 11) is 1.50. The molecule has 1 atom stereocenters. The molecule has 0 aliphatic carbocycles. The summed E-state index contributed by atoms with van der Waals surface area (Å²) in [4.78, 5) is 25.4. The van der Waals surface area contributed by atoms with Crippen molar-refractivity contribution >= 4 is 11.8 Å². The standard InChI is InChI=1S/C19H18F4N2O2/c1-11(12-3-6-15(21)17(23)9-12)25(2)18(26)7-8-24-19(27)14-5-4-13(20)10-16(14)22/h3-6,9-11H,7-8H2,1-2H3,(H,24,27). The number of amides is 2. The second-order valence-electron chi connectivity index (χ2n) is 5.98. The van der Waals surface area contributed by atoms with Gasteiger partial charge < -0.3 is 10.2 Å². The van der Waals surface area contributed by atoms with E-state index in [2.05, 4.69) is 5.32 Å². The minimum absolute atomic E-state index is 0.0661. The number of nitrogens with one attached hydrogen (secondary N) is 1. The third-order valence-electron chi connectivity index (χ3n) is 4.20. The van der Waals surface area contributed by atoms with Gasteiger partial charge in [0.1, 0.15) is 11.6 Å². The summed E-state index contributed by atoms with van der Waals surface area (Å²) in [5.41, 5.74) is 0.0922. The summed E-state index contributed by atoms with van der Waals surface area (Å²) in [5.74, 6) is -4.90. The largest absolute Gasteiger partial charge is 0.351 e. The molecule has 0 aliphatic rings. The number of nitrogens with zero attached hydrogens (tertiary/aromatic N) is 1. The van der Waals surface area contributed by atoms with E-state index in [0.29, 0.717) is 11.6 Å². The fourth-order valence-electron chi connectivity index (χ4n) is 2.44. The smallest absolute Gasteiger partial charge is 0.254 e. The van der Waals surface area contributed by atoms with Crippen molar-refractivity contribution < 1.29 is 27.2 Å². The highest BCUT2D eigenvalue weighted by atomic mass is 19.2. The number of benzene rings is 2. The van der Waals surface area contributed by atoms with Crippen LogP contribution in [0.25, 0.3) is 0 Å². The van der Waals surface area contributed by atoms with Gasteiger partial charge in [-0.1, -0.05) is 6.07 Å². The van der Waals surface area contributed by atoms with Gasteiger partial charge in [-0.05, 0) is 36.8 Å². The molecule has 2 aromatic rings. The highest BCUT2D eigenvalue weighted by Gasteiger charge is 2.19. The van der Waals surface area contributed by atoms with Crippen molar-refractivity contribution in [3.8, 4) is 0 Å². The summed E-state index contributed by atoms with van der Waals surface area (Å²) in [6.45, 7) is 1.58. The van der Waals surface area contributed by atoms with Crippen molar-refractivity contribution in [1.29, 1.82) is 0 Å². The van der Waals surface area contributed by atoms with Crippen LogP contribution >= 0.6 is 0 Å². The van der Waals surface area contributed by atoms with E-state index in [4.69, 9.17) is 0 Å². The Bertz CT molecular complexity index is 858. The Kier molecular flexibility index (Phi) is 6.55. The molecule has 0 saturated heterocycles. The Morgan fingerprint density at radius 3 is 2.33 bits per heavy atom. The van der Waals surface area contributed by atoms with Crippen molar-refractivity contribution in [1.82, 2.24) is 10.2 Å². The van der Waals surface area contributed by atoms with Gasteiger partial charge in [-0.2, -0.15) is 0 Å². The third-order valence-corrected chi connectivity index (χ3v) is 4.20. The van der Waals surface area contributed by atoms with Gasteiger partial charge in [-0.25, -0.2) is 17.6 Å². The lowest BCUT2D eigenvalue weighted by molar-refractivity contribution is -0.131. The molecule has 27 heavy (non-hydrogen) atoms. The Morgan fingerprint density at radius 1 is 1.00 bits per heavy atom. The van der Waals surface area contributed by atoms with Crippen LogP contribution in [0.2, 0.25) is 0 Å². The Labute approximate surface area is 153 Å². The van der Waals surface area contributed by atoms with E-state index in [1.807, 2.05) is 0 Å². The van der Waals surface area contributed by atoms with Crippen molar-refractivity contribution in [2.24, 2.45) is 0 Å². The Balaban J connectivity index is 1.90. The fraction of sp³-hybridized carbons (Fsp3) is 0.263. The number of halogens is 4. The molecule has 0 bridgehead atoms. The van der Waals surface area contributed by atoms with Gasteiger partial charge in [0, 0.05) is 26.1 Å². The second-order valence-corrected chi connectivity index (χ2v) is 5.98. The van der Waals surface area contributed by atoms with E-state index >= 15 is 0 Å². The number of carbonyl (C=O) groups is 2. The summed E-state index contributed by atoms with van der Waals surface area (Å²) >= 11 is 0. The summed E-state index contributed by atoms with van der Waals surface area (Å²) in [5, 5.41) is 2.38. The molecule has 2 rings (SSSR count). The monoisotopic (exact) mass is 382 g/mol. The molecule has 0 spiro atoms. The summed E-state index contributed by atoms with van der Waals surface area (Å²) in [6.07, 6.45) is -0.0843. The Hall–Kier alpha value is -2.90. The molecular weight excluding hydrogens is 364 g/mol. The fourth-order valence-corrected chi connectivity index (χ4v) is 2.44. The third kappa shape index (κ3) is 5.06. The molecule has 8 heteroatoms. The van der Waals surface area contributed by atoms with Gasteiger partial charge in [-0.15, -0.1) is 0 Å². The van der Waals surface area contributed by atoms with Crippen LogP contribution in [0.15, 0.2) is 36.4 Å². The summed E-state index contributed by atoms with van der Waals surface area (Å²) < 4.78 is 52.7. The minimum atomic E-state index is -1.01. The highest BCUT2D eigenvalue weighted by Crippen LogP contribution is 2.21. The first-order valence-electron chi connectivity index (χ1n) is 8.14. The van der Waals surface area contributed by atoms with Crippen molar-refractivity contribution in [3.63, 3.8) is 0 Å². The first-order valence-corrected chi connectivity index (χ1v) is 8.14. The maximum atomic E-state index is 13.5. The van der Waals surface area contributed by atoms with E-state index in [1.165, 1.54) is 18.0 Å². The Morgan fingerprint density at radius 2 is 1.70 bits per heavy atom. The molecular formula is C19H18F4N2O2. The first-order chi connectivity index (χ1) is 12.7. The molecule has 1 N–H and O–H groups in total. The molecule has 2 aromatic carbocycles. The zero-order chi connectivity index (χ0) is 20.1. The van der Waals surface area contributed by atoms with Gasteiger partial charge in [0.2, 0.25) is 5.91 Å². The minimum Gasteiger partial charge on any atom is -0.351 e. The lowest BCUT2D eigenvalue weighted by Crippen LogP contribution is -2.34. The molecule has 0 heterocycles. The van der Waals surface area contributed by atoms with Crippen molar-refractivity contribution in [3.05, 3.63) is 70.8 Å². The van der Waals surface area contributed by atoms with Crippen LogP contribution in [-0.4, -0.2) is 30.3 Å². The highest BCUT2D eigenvalue weighted by molar-refractivity contribution is 5.94. The molecule has 0 saturated carbocycles. The van der Waals surface area contributed by atoms with Crippen molar-refractivity contribution in [2.75, 3.05) is 13.6 Å². The van der Waals surface area contributed by atoms with Crippen LogP contribution in [-0.2, 0) is 4.79 Å². The van der Waals surface area contributed by atoms with E-state index in [9.17, 15) is 27.2 Å². The molecule has 0 radical (unpaired) electrons. The quantitative estimate of drug-likeness (QED) is 0.777.